The molecule has 1 aromatic rings. The molecule has 0 fully saturated rings. The first-order valence-corrected chi connectivity index (χ1v) is 7.00. The molecule has 20 heavy (non-hydrogen) atoms. The van der Waals surface area contributed by atoms with Gasteiger partial charge in [0.2, 0.25) is 10.0 Å². The molecule has 0 aliphatic heterocycles. The molecule has 1 unspecified atom stereocenters. The van der Waals surface area contributed by atoms with E-state index in [1.54, 1.807) is 4.72 Å². The molecular formula is C10H10ClF2NO5S. The Balaban J connectivity index is 3.03. The molecule has 0 bridgehead atoms. The average molecular weight is 330 g/mol. The number of aromatic carboxylic acids is 1. The van der Waals surface area contributed by atoms with E-state index in [4.69, 9.17) is 21.8 Å². The summed E-state index contributed by atoms with van der Waals surface area (Å²) in [6.45, 7) is -0.923. The van der Waals surface area contributed by atoms with Crippen molar-refractivity contribution in [1.82, 2.24) is 4.72 Å². The number of alkyl halides is 2. The smallest absolute Gasteiger partial charge is 0.335 e. The number of rotatable bonds is 6. The predicted octanol–water partition coefficient (Wildman–Crippen LogP) is 0.942. The Kier molecular flexibility index (Phi) is 5.40. The number of carboxylic acid groups (broad SMARTS) is 1. The monoisotopic (exact) mass is 329 g/mol. The minimum atomic E-state index is -4.31. The van der Waals surface area contributed by atoms with E-state index in [0.717, 1.165) is 18.2 Å². The van der Waals surface area contributed by atoms with Crippen molar-refractivity contribution in [2.45, 2.75) is 17.4 Å². The maximum absolute atomic E-state index is 12.1. The molecular weight excluding hydrogens is 320 g/mol. The molecule has 1 rings (SSSR count). The molecule has 0 aliphatic rings. The minimum Gasteiger partial charge on any atom is -0.478 e. The highest BCUT2D eigenvalue weighted by atomic mass is 35.5. The summed E-state index contributed by atoms with van der Waals surface area (Å²) in [7, 11) is -4.31. The van der Waals surface area contributed by atoms with Gasteiger partial charge in [0, 0.05) is 6.54 Å². The van der Waals surface area contributed by atoms with Crippen LogP contribution in [0.1, 0.15) is 10.4 Å². The summed E-state index contributed by atoms with van der Waals surface area (Å²) in [5.41, 5.74) is -0.329. The van der Waals surface area contributed by atoms with Gasteiger partial charge >= 0.3 is 5.97 Å². The van der Waals surface area contributed by atoms with E-state index in [2.05, 4.69) is 0 Å². The molecule has 1 aromatic carbocycles. The van der Waals surface area contributed by atoms with E-state index in [1.807, 2.05) is 0 Å². The zero-order valence-corrected chi connectivity index (χ0v) is 11.3. The summed E-state index contributed by atoms with van der Waals surface area (Å²) in [5.74, 6) is -1.37. The van der Waals surface area contributed by atoms with Crippen molar-refractivity contribution in [3.8, 4) is 0 Å². The number of aliphatic hydroxyl groups is 1. The van der Waals surface area contributed by atoms with Gasteiger partial charge in [-0.3, -0.25) is 0 Å². The van der Waals surface area contributed by atoms with Crippen LogP contribution in [0.5, 0.6) is 0 Å². The lowest BCUT2D eigenvalue weighted by molar-refractivity contribution is -0.000451. The van der Waals surface area contributed by atoms with Crippen LogP contribution < -0.4 is 4.72 Å². The summed E-state index contributed by atoms with van der Waals surface area (Å²) in [6.07, 6.45) is -5.29. The number of carboxylic acids is 1. The van der Waals surface area contributed by atoms with E-state index in [1.165, 1.54) is 0 Å². The van der Waals surface area contributed by atoms with Gasteiger partial charge in [-0.15, -0.1) is 0 Å². The number of hydrogen-bond donors (Lipinski definition) is 3. The fourth-order valence-electron chi connectivity index (χ4n) is 1.20. The third-order valence-corrected chi connectivity index (χ3v) is 4.15. The molecule has 0 aromatic heterocycles. The largest absolute Gasteiger partial charge is 0.478 e. The quantitative estimate of drug-likeness (QED) is 0.720. The third-order valence-electron chi connectivity index (χ3n) is 2.24. The molecule has 0 aliphatic carbocycles. The molecule has 3 N–H and O–H groups in total. The van der Waals surface area contributed by atoms with Crippen molar-refractivity contribution in [3.05, 3.63) is 28.8 Å². The molecule has 0 saturated heterocycles. The number of hydrogen-bond acceptors (Lipinski definition) is 4. The predicted molar refractivity (Wildman–Crippen MR) is 65.6 cm³/mol. The SMILES string of the molecule is O=C(O)c1ccc(Cl)c(S(=O)(=O)NCC(O)C(F)F)c1. The summed E-state index contributed by atoms with van der Waals surface area (Å²) < 4.78 is 49.5. The second-order valence-corrected chi connectivity index (χ2v) is 5.85. The fraction of sp³-hybridized carbons (Fsp3) is 0.300. The Labute approximate surface area is 118 Å². The minimum absolute atomic E-state index is 0.269. The van der Waals surface area contributed by atoms with Crippen LogP contribution in [-0.2, 0) is 10.0 Å². The average Bonchev–Trinajstić information content (AvgIpc) is 2.35. The third kappa shape index (κ3) is 4.10. The Morgan fingerprint density at radius 2 is 2.00 bits per heavy atom. The second-order valence-electron chi connectivity index (χ2n) is 3.70. The summed E-state index contributed by atoms with van der Waals surface area (Å²) in [6, 6.07) is 2.95. The van der Waals surface area contributed by atoms with Gasteiger partial charge in [0.1, 0.15) is 11.0 Å². The van der Waals surface area contributed by atoms with Gasteiger partial charge in [0.25, 0.3) is 6.43 Å². The number of carbonyl (C=O) groups is 1. The highest BCUT2D eigenvalue weighted by Gasteiger charge is 2.23. The lowest BCUT2D eigenvalue weighted by Crippen LogP contribution is -2.36. The van der Waals surface area contributed by atoms with E-state index < -0.39 is 40.0 Å². The van der Waals surface area contributed by atoms with Crippen LogP contribution in [0.25, 0.3) is 0 Å². The van der Waals surface area contributed by atoms with Crippen molar-refractivity contribution in [3.63, 3.8) is 0 Å². The lowest BCUT2D eigenvalue weighted by atomic mass is 10.2. The van der Waals surface area contributed by atoms with E-state index in [0.29, 0.717) is 0 Å². The summed E-state index contributed by atoms with van der Waals surface area (Å²) in [5, 5.41) is 17.3. The number of nitrogens with one attached hydrogen (secondary N) is 1. The highest BCUT2D eigenvalue weighted by molar-refractivity contribution is 7.89. The normalized spacial score (nSPS) is 13.4. The molecule has 112 valence electrons. The van der Waals surface area contributed by atoms with Crippen molar-refractivity contribution >= 4 is 27.6 Å². The first-order valence-electron chi connectivity index (χ1n) is 5.14. The van der Waals surface area contributed by atoms with Gasteiger partial charge in [0.05, 0.1) is 10.6 Å². The van der Waals surface area contributed by atoms with E-state index in [-0.39, 0.29) is 10.6 Å². The van der Waals surface area contributed by atoms with Crippen LogP contribution >= 0.6 is 11.6 Å². The van der Waals surface area contributed by atoms with E-state index >= 15 is 0 Å². The lowest BCUT2D eigenvalue weighted by Gasteiger charge is -2.12. The van der Waals surface area contributed by atoms with Crippen LogP contribution in [0.2, 0.25) is 5.02 Å². The topological polar surface area (TPSA) is 104 Å². The molecule has 6 nitrogen and oxygen atoms in total. The van der Waals surface area contributed by atoms with Crippen LogP contribution in [0.4, 0.5) is 8.78 Å². The van der Waals surface area contributed by atoms with Crippen LogP contribution in [-0.4, -0.2) is 43.7 Å². The molecule has 0 amide bonds. The Morgan fingerprint density at radius 1 is 1.40 bits per heavy atom. The molecule has 0 radical (unpaired) electrons. The van der Waals surface area contributed by atoms with Gasteiger partial charge in [-0.05, 0) is 18.2 Å². The van der Waals surface area contributed by atoms with Crippen molar-refractivity contribution in [1.29, 1.82) is 0 Å². The van der Waals surface area contributed by atoms with Gasteiger partial charge in [-0.1, -0.05) is 11.6 Å². The zero-order chi connectivity index (χ0) is 15.5. The van der Waals surface area contributed by atoms with Gasteiger partial charge in [-0.2, -0.15) is 0 Å². The standard InChI is InChI=1S/C10H10ClF2NO5S/c11-6-2-1-5(10(16)17)3-8(6)20(18,19)14-4-7(15)9(12)13/h1-3,7,9,14-15H,4H2,(H,16,17). The van der Waals surface area contributed by atoms with Gasteiger partial charge < -0.3 is 10.2 Å². The van der Waals surface area contributed by atoms with Gasteiger partial charge in [-0.25, -0.2) is 26.7 Å². The van der Waals surface area contributed by atoms with E-state index in [9.17, 15) is 22.0 Å². The Morgan fingerprint density at radius 3 is 2.50 bits per heavy atom. The van der Waals surface area contributed by atoms with Crippen LogP contribution in [0.15, 0.2) is 23.1 Å². The Bertz CT molecular complexity index is 608. The van der Waals surface area contributed by atoms with Gasteiger partial charge in [0.15, 0.2) is 0 Å². The maximum atomic E-state index is 12.1. The fourth-order valence-corrected chi connectivity index (χ4v) is 2.78. The highest BCUT2D eigenvalue weighted by Crippen LogP contribution is 2.22. The van der Waals surface area contributed by atoms with Crippen LogP contribution in [0, 0.1) is 0 Å². The number of sulfonamides is 1. The molecule has 10 heteroatoms. The van der Waals surface area contributed by atoms with Crippen molar-refractivity contribution in [2.24, 2.45) is 0 Å². The first-order chi connectivity index (χ1) is 9.15. The number of benzene rings is 1. The van der Waals surface area contributed by atoms with Crippen LogP contribution in [0.3, 0.4) is 0 Å². The Hall–Kier alpha value is -1.29. The number of aliphatic hydroxyl groups excluding tert-OH is 1. The maximum Gasteiger partial charge on any atom is 0.335 e. The van der Waals surface area contributed by atoms with Crippen molar-refractivity contribution in [2.75, 3.05) is 6.54 Å². The first kappa shape index (κ1) is 16.8. The summed E-state index contributed by atoms with van der Waals surface area (Å²) >= 11 is 5.64. The molecule has 1 atom stereocenters. The zero-order valence-electron chi connectivity index (χ0n) is 9.76. The summed E-state index contributed by atoms with van der Waals surface area (Å²) in [4.78, 5) is 10.2. The molecule has 0 spiro atoms. The second kappa shape index (κ2) is 6.44. The molecule has 0 heterocycles. The number of halogens is 3. The van der Waals surface area contributed by atoms with Crippen molar-refractivity contribution < 1.29 is 32.2 Å². The molecule has 0 saturated carbocycles.